The highest BCUT2D eigenvalue weighted by Gasteiger charge is 2.45. The van der Waals surface area contributed by atoms with Crippen LogP contribution >= 0.6 is 0 Å². The minimum absolute atomic E-state index is 0.0502. The number of hydrogen-bond acceptors (Lipinski definition) is 7. The van der Waals surface area contributed by atoms with Crippen LogP contribution in [0.2, 0.25) is 0 Å². The number of ether oxygens (including phenoxy) is 2. The Labute approximate surface area is 166 Å². The number of carbonyl (C=O) groups excluding carboxylic acids is 2. The number of unbranched alkanes of at least 4 members (excludes halogenated alkanes) is 4. The summed E-state index contributed by atoms with van der Waals surface area (Å²) in [4.78, 5) is 23.2. The predicted octanol–water partition coefficient (Wildman–Crippen LogP) is -0.186. The summed E-state index contributed by atoms with van der Waals surface area (Å²) in [5.41, 5.74) is 0. The van der Waals surface area contributed by atoms with Gasteiger partial charge in [-0.15, -0.1) is 0 Å². The van der Waals surface area contributed by atoms with Gasteiger partial charge in [0, 0.05) is 19.9 Å². The van der Waals surface area contributed by atoms with E-state index in [-0.39, 0.29) is 12.5 Å². The van der Waals surface area contributed by atoms with Crippen molar-refractivity contribution in [1.29, 1.82) is 0 Å². The average molecular weight is 405 g/mol. The molecule has 9 heteroatoms. The number of aliphatic hydroxyl groups is 3. The van der Waals surface area contributed by atoms with Crippen molar-refractivity contribution in [2.75, 3.05) is 19.8 Å². The molecule has 1 rings (SSSR count). The molecular formula is C19H36N2O7. The Morgan fingerprint density at radius 3 is 2.43 bits per heavy atom. The molecule has 1 aliphatic heterocycles. The fraction of sp³-hybridized carbons (Fsp3) is 0.895. The van der Waals surface area contributed by atoms with E-state index in [2.05, 4.69) is 17.6 Å². The second kappa shape index (κ2) is 13.8. The first-order valence-electron chi connectivity index (χ1n) is 10.2. The van der Waals surface area contributed by atoms with Crippen LogP contribution in [-0.4, -0.2) is 77.5 Å². The summed E-state index contributed by atoms with van der Waals surface area (Å²) in [7, 11) is 0. The highest BCUT2D eigenvalue weighted by atomic mass is 16.7. The van der Waals surface area contributed by atoms with Crippen LogP contribution < -0.4 is 10.6 Å². The van der Waals surface area contributed by atoms with Gasteiger partial charge in [0.25, 0.3) is 0 Å². The molecule has 28 heavy (non-hydrogen) atoms. The monoisotopic (exact) mass is 404 g/mol. The van der Waals surface area contributed by atoms with Crippen molar-refractivity contribution in [2.24, 2.45) is 0 Å². The molecule has 5 N–H and O–H groups in total. The van der Waals surface area contributed by atoms with Crippen LogP contribution in [0, 0.1) is 0 Å². The van der Waals surface area contributed by atoms with E-state index in [0.29, 0.717) is 19.4 Å². The van der Waals surface area contributed by atoms with Crippen molar-refractivity contribution in [2.45, 2.75) is 89.4 Å². The second-order valence-electron chi connectivity index (χ2n) is 7.17. The normalized spacial score (nSPS) is 27.4. The van der Waals surface area contributed by atoms with Gasteiger partial charge in [0.05, 0.1) is 13.2 Å². The lowest BCUT2D eigenvalue weighted by atomic mass is 9.97. The lowest BCUT2D eigenvalue weighted by Crippen LogP contribution is -2.64. The molecule has 1 fully saturated rings. The molecule has 5 unspecified atom stereocenters. The predicted molar refractivity (Wildman–Crippen MR) is 102 cm³/mol. The lowest BCUT2D eigenvalue weighted by Gasteiger charge is -2.42. The summed E-state index contributed by atoms with van der Waals surface area (Å²) >= 11 is 0. The molecule has 0 spiro atoms. The molecule has 0 aliphatic carbocycles. The van der Waals surface area contributed by atoms with Gasteiger partial charge >= 0.3 is 0 Å². The van der Waals surface area contributed by atoms with Crippen LogP contribution in [-0.2, 0) is 19.1 Å². The maximum absolute atomic E-state index is 11.8. The molecule has 1 heterocycles. The minimum atomic E-state index is -1.34. The number of rotatable bonds is 13. The minimum Gasteiger partial charge on any atom is -0.394 e. The van der Waals surface area contributed by atoms with E-state index in [1.165, 1.54) is 26.2 Å². The third-order valence-electron chi connectivity index (χ3n) is 4.68. The Morgan fingerprint density at radius 2 is 1.79 bits per heavy atom. The molecule has 1 saturated heterocycles. The van der Waals surface area contributed by atoms with Gasteiger partial charge in [-0.1, -0.05) is 32.6 Å². The summed E-state index contributed by atoms with van der Waals surface area (Å²) in [6.07, 6.45) is 1.69. The van der Waals surface area contributed by atoms with Crippen LogP contribution in [0.4, 0.5) is 0 Å². The maximum atomic E-state index is 11.8. The maximum Gasteiger partial charge on any atom is 0.220 e. The topological polar surface area (TPSA) is 137 Å². The smallest absolute Gasteiger partial charge is 0.220 e. The fourth-order valence-electron chi connectivity index (χ4n) is 3.09. The molecule has 0 aromatic rings. The number of carbonyl (C=O) groups is 2. The van der Waals surface area contributed by atoms with Crippen molar-refractivity contribution >= 4 is 11.8 Å². The highest BCUT2D eigenvalue weighted by molar-refractivity contribution is 5.75. The third-order valence-corrected chi connectivity index (χ3v) is 4.68. The highest BCUT2D eigenvalue weighted by Crippen LogP contribution is 2.22. The number of nitrogens with one attached hydrogen (secondary N) is 2. The van der Waals surface area contributed by atoms with E-state index >= 15 is 0 Å². The van der Waals surface area contributed by atoms with Gasteiger partial charge in [-0.3, -0.25) is 9.59 Å². The Balaban J connectivity index is 2.32. The zero-order valence-corrected chi connectivity index (χ0v) is 16.9. The van der Waals surface area contributed by atoms with Crippen LogP contribution in [0.25, 0.3) is 0 Å². The van der Waals surface area contributed by atoms with Gasteiger partial charge in [-0.25, -0.2) is 0 Å². The van der Waals surface area contributed by atoms with Crippen molar-refractivity contribution in [3.8, 4) is 0 Å². The largest absolute Gasteiger partial charge is 0.394 e. The Morgan fingerprint density at radius 1 is 1.07 bits per heavy atom. The van der Waals surface area contributed by atoms with Gasteiger partial charge in [-0.2, -0.15) is 0 Å². The molecule has 0 aromatic heterocycles. The summed E-state index contributed by atoms with van der Waals surface area (Å²) in [5, 5.41) is 34.8. The van der Waals surface area contributed by atoms with Gasteiger partial charge in [-0.05, 0) is 12.8 Å². The van der Waals surface area contributed by atoms with Gasteiger partial charge in [0.1, 0.15) is 24.4 Å². The third kappa shape index (κ3) is 8.83. The van der Waals surface area contributed by atoms with Crippen LogP contribution in [0.15, 0.2) is 0 Å². The Hall–Kier alpha value is -1.26. The summed E-state index contributed by atoms with van der Waals surface area (Å²) < 4.78 is 11.0. The summed E-state index contributed by atoms with van der Waals surface area (Å²) in [6.45, 7) is 3.79. The first-order valence-corrected chi connectivity index (χ1v) is 10.2. The summed E-state index contributed by atoms with van der Waals surface area (Å²) in [5.74, 6) is -0.458. The van der Waals surface area contributed by atoms with E-state index in [1.54, 1.807) is 0 Å². The van der Waals surface area contributed by atoms with E-state index in [9.17, 15) is 24.9 Å². The Bertz CT molecular complexity index is 464. The van der Waals surface area contributed by atoms with Crippen LogP contribution in [0.3, 0.4) is 0 Å². The zero-order chi connectivity index (χ0) is 20.9. The molecule has 1 aliphatic rings. The number of amides is 2. The van der Waals surface area contributed by atoms with E-state index < -0.39 is 43.2 Å². The molecule has 9 nitrogen and oxygen atoms in total. The SMILES string of the molecule is CCCCCCCNC(=O)CCCOC1OC(CO)C(O)C(O)C1NC(C)=O. The van der Waals surface area contributed by atoms with Crippen LogP contribution in [0.5, 0.6) is 0 Å². The second-order valence-corrected chi connectivity index (χ2v) is 7.17. The van der Waals surface area contributed by atoms with E-state index in [1.807, 2.05) is 0 Å². The molecule has 0 radical (unpaired) electrons. The first-order chi connectivity index (χ1) is 13.4. The van der Waals surface area contributed by atoms with Crippen molar-refractivity contribution in [3.05, 3.63) is 0 Å². The molecule has 0 bridgehead atoms. The quantitative estimate of drug-likeness (QED) is 0.268. The first kappa shape index (κ1) is 24.8. The molecule has 164 valence electrons. The molecule has 0 saturated carbocycles. The average Bonchev–Trinajstić information content (AvgIpc) is 2.66. The summed E-state index contributed by atoms with van der Waals surface area (Å²) in [6, 6.07) is -0.966. The van der Waals surface area contributed by atoms with Crippen LogP contribution in [0.1, 0.15) is 58.8 Å². The van der Waals surface area contributed by atoms with Crippen molar-refractivity contribution < 1.29 is 34.4 Å². The Kier molecular flexibility index (Phi) is 12.2. The number of hydrogen-bond donors (Lipinski definition) is 5. The lowest BCUT2D eigenvalue weighted by molar-refractivity contribution is -0.270. The van der Waals surface area contributed by atoms with Gasteiger partial charge in [0.2, 0.25) is 11.8 Å². The molecule has 2 amide bonds. The molecule has 5 atom stereocenters. The molecular weight excluding hydrogens is 368 g/mol. The van der Waals surface area contributed by atoms with Crippen molar-refractivity contribution in [1.82, 2.24) is 10.6 Å². The van der Waals surface area contributed by atoms with Crippen molar-refractivity contribution in [3.63, 3.8) is 0 Å². The standard InChI is InChI=1S/C19H36N2O7/c1-3-4-5-6-7-10-20-15(24)9-8-11-27-19-16(21-13(2)23)18(26)17(25)14(12-22)28-19/h14,16-19,22,25-26H,3-12H2,1-2H3,(H,20,24)(H,21,23). The van der Waals surface area contributed by atoms with E-state index in [4.69, 9.17) is 9.47 Å². The van der Waals surface area contributed by atoms with Gasteiger partial charge in [0.15, 0.2) is 6.29 Å². The molecule has 0 aromatic carbocycles. The van der Waals surface area contributed by atoms with E-state index in [0.717, 1.165) is 12.8 Å². The number of aliphatic hydroxyl groups excluding tert-OH is 3. The van der Waals surface area contributed by atoms with Gasteiger partial charge < -0.3 is 35.4 Å². The zero-order valence-electron chi connectivity index (χ0n) is 16.9. The fourth-order valence-corrected chi connectivity index (χ4v) is 3.09.